The highest BCUT2D eigenvalue weighted by atomic mass is 16.5. The first-order valence-electron chi connectivity index (χ1n) is 10.5. The maximum absolute atomic E-state index is 12.7. The lowest BCUT2D eigenvalue weighted by Gasteiger charge is -2.33. The van der Waals surface area contributed by atoms with Crippen molar-refractivity contribution < 1.29 is 33.8 Å². The molecule has 0 aromatic heterocycles. The van der Waals surface area contributed by atoms with E-state index in [0.717, 1.165) is 0 Å². The van der Waals surface area contributed by atoms with Gasteiger partial charge in [0.05, 0.1) is 18.9 Å². The molecule has 1 aliphatic heterocycles. The van der Waals surface area contributed by atoms with E-state index < -0.39 is 18.0 Å². The van der Waals surface area contributed by atoms with E-state index >= 15 is 0 Å². The summed E-state index contributed by atoms with van der Waals surface area (Å²) in [6.07, 6.45) is 1.86. The molecule has 0 aliphatic carbocycles. The summed E-state index contributed by atoms with van der Waals surface area (Å²) in [4.78, 5) is 48.7. The maximum Gasteiger partial charge on any atom is 0.427 e. The first-order valence-corrected chi connectivity index (χ1v) is 10.5. The van der Waals surface area contributed by atoms with Crippen molar-refractivity contribution in [1.29, 1.82) is 0 Å². The van der Waals surface area contributed by atoms with Gasteiger partial charge in [-0.1, -0.05) is 31.2 Å². The molecule has 2 amide bonds. The van der Waals surface area contributed by atoms with Crippen LogP contribution < -0.4 is 5.43 Å². The number of hydrogen-bond acceptors (Lipinski definition) is 7. The van der Waals surface area contributed by atoms with Crippen LogP contribution in [0.15, 0.2) is 29.4 Å². The lowest BCUT2D eigenvalue weighted by molar-refractivity contribution is -0.147. The van der Waals surface area contributed by atoms with Gasteiger partial charge in [-0.25, -0.2) is 15.0 Å². The minimum Gasteiger partial charge on any atom is -0.480 e. The number of hydrogen-bond donors (Lipinski definition) is 2. The fraction of sp³-hybridized carbons (Fsp3) is 0.500. The van der Waals surface area contributed by atoms with Gasteiger partial charge in [0.15, 0.2) is 5.78 Å². The second-order valence-corrected chi connectivity index (χ2v) is 7.47. The molecule has 10 nitrogen and oxygen atoms in total. The number of ether oxygens (including phenoxy) is 2. The van der Waals surface area contributed by atoms with Crippen molar-refractivity contribution >= 4 is 30.0 Å². The molecule has 0 spiro atoms. The number of carboxylic acid groups (broad SMARTS) is 1. The van der Waals surface area contributed by atoms with E-state index in [2.05, 4.69) is 15.3 Å². The molecule has 1 fully saturated rings. The molecule has 1 saturated heterocycles. The predicted octanol–water partition coefficient (Wildman–Crippen LogP) is 2.07. The fourth-order valence-corrected chi connectivity index (χ4v) is 3.30. The Morgan fingerprint density at radius 3 is 2.47 bits per heavy atom. The molecular formula is C22H29N3O7. The molecule has 1 heterocycles. The van der Waals surface area contributed by atoms with Gasteiger partial charge in [0.1, 0.15) is 6.61 Å². The Hall–Kier alpha value is -3.27. The summed E-state index contributed by atoms with van der Waals surface area (Å²) in [6.45, 7) is 4.30. The summed E-state index contributed by atoms with van der Waals surface area (Å²) in [5, 5.41) is 12.4. The number of carboxylic acids is 1. The lowest BCUT2D eigenvalue weighted by Crippen LogP contribution is -2.43. The topological polar surface area (TPSA) is 135 Å². The van der Waals surface area contributed by atoms with Crippen LogP contribution in [0.2, 0.25) is 0 Å². The molecule has 0 saturated carbocycles. The third kappa shape index (κ3) is 8.10. The number of rotatable bonds is 10. The summed E-state index contributed by atoms with van der Waals surface area (Å²) < 4.78 is 9.97. The van der Waals surface area contributed by atoms with Gasteiger partial charge in [-0.05, 0) is 25.3 Å². The number of nitrogens with zero attached hydrogens (tertiary/aromatic N) is 2. The van der Waals surface area contributed by atoms with Gasteiger partial charge in [0.25, 0.3) is 0 Å². The van der Waals surface area contributed by atoms with Gasteiger partial charge < -0.3 is 19.5 Å². The Balaban J connectivity index is 1.80. The molecule has 1 aromatic carbocycles. The highest BCUT2D eigenvalue weighted by molar-refractivity contribution is 5.99. The number of nitrogens with one attached hydrogen (secondary N) is 1. The van der Waals surface area contributed by atoms with Crippen LogP contribution >= 0.6 is 0 Å². The smallest absolute Gasteiger partial charge is 0.427 e. The molecular weight excluding hydrogens is 418 g/mol. The SMILES string of the molecule is CCOC(=O)NN=Cc1ccc(C(=O)C[C@@H](C)C(=O)N2CCC(OCC(=O)O)CC2)cc1. The Morgan fingerprint density at radius 2 is 1.88 bits per heavy atom. The van der Waals surface area contributed by atoms with Gasteiger partial charge in [0, 0.05) is 31.0 Å². The van der Waals surface area contributed by atoms with Crippen molar-refractivity contribution in [3.05, 3.63) is 35.4 Å². The lowest BCUT2D eigenvalue weighted by atomic mass is 9.97. The van der Waals surface area contributed by atoms with Crippen LogP contribution in [0.3, 0.4) is 0 Å². The summed E-state index contributed by atoms with van der Waals surface area (Å²) in [6, 6.07) is 6.68. The predicted molar refractivity (Wildman–Crippen MR) is 115 cm³/mol. The summed E-state index contributed by atoms with van der Waals surface area (Å²) >= 11 is 0. The highest BCUT2D eigenvalue weighted by Gasteiger charge is 2.28. The van der Waals surface area contributed by atoms with E-state index in [1.54, 1.807) is 43.0 Å². The number of Topliss-reactive ketones (excluding diaryl/α,β-unsaturated/α-hetero) is 1. The van der Waals surface area contributed by atoms with Crippen LogP contribution in [0.5, 0.6) is 0 Å². The third-order valence-corrected chi connectivity index (χ3v) is 4.99. The van der Waals surface area contributed by atoms with Gasteiger partial charge in [0.2, 0.25) is 5.91 Å². The molecule has 10 heteroatoms. The van der Waals surface area contributed by atoms with E-state index in [4.69, 9.17) is 9.84 Å². The molecule has 1 aromatic rings. The molecule has 0 unspecified atom stereocenters. The molecule has 174 valence electrons. The quantitative estimate of drug-likeness (QED) is 0.318. The number of likely N-dealkylation sites (tertiary alicyclic amines) is 1. The van der Waals surface area contributed by atoms with Crippen molar-refractivity contribution in [2.75, 3.05) is 26.3 Å². The number of benzene rings is 1. The number of ketones is 1. The number of hydrazone groups is 1. The zero-order valence-corrected chi connectivity index (χ0v) is 18.3. The number of carbonyl (C=O) groups is 4. The van der Waals surface area contributed by atoms with E-state index in [-0.39, 0.29) is 37.4 Å². The molecule has 2 rings (SSSR count). The van der Waals surface area contributed by atoms with Crippen LogP contribution in [0.4, 0.5) is 4.79 Å². The Kier molecular flexibility index (Phi) is 9.80. The largest absolute Gasteiger partial charge is 0.480 e. The second kappa shape index (κ2) is 12.6. The van der Waals surface area contributed by atoms with E-state index in [1.807, 2.05) is 0 Å². The average molecular weight is 447 g/mol. The average Bonchev–Trinajstić information content (AvgIpc) is 2.78. The minimum atomic E-state index is -1.01. The Labute approximate surface area is 186 Å². The molecule has 1 aliphatic rings. The van der Waals surface area contributed by atoms with E-state index in [9.17, 15) is 19.2 Å². The van der Waals surface area contributed by atoms with Crippen LogP contribution in [0, 0.1) is 5.92 Å². The van der Waals surface area contributed by atoms with Crippen molar-refractivity contribution in [3.63, 3.8) is 0 Å². The second-order valence-electron chi connectivity index (χ2n) is 7.47. The van der Waals surface area contributed by atoms with Crippen molar-refractivity contribution in [2.45, 2.75) is 39.2 Å². The van der Waals surface area contributed by atoms with E-state index in [1.165, 1.54) is 6.21 Å². The number of carbonyl (C=O) groups excluding carboxylic acids is 3. The van der Waals surface area contributed by atoms with Crippen LogP contribution in [-0.4, -0.2) is 72.4 Å². The standard InChI is InChI=1S/C22H29N3O7/c1-3-31-22(30)24-23-13-16-4-6-17(7-5-16)19(26)12-15(2)21(29)25-10-8-18(9-11-25)32-14-20(27)28/h4-7,13,15,18H,3,8-12,14H2,1-2H3,(H,24,30)(H,27,28)/t15-/m1/s1. The molecule has 0 radical (unpaired) electrons. The normalized spacial score (nSPS) is 15.4. The van der Waals surface area contributed by atoms with E-state index in [0.29, 0.717) is 37.1 Å². The fourth-order valence-electron chi connectivity index (χ4n) is 3.30. The summed E-state index contributed by atoms with van der Waals surface area (Å²) in [5.74, 6) is -1.71. The van der Waals surface area contributed by atoms with Gasteiger partial charge in [-0.15, -0.1) is 0 Å². The van der Waals surface area contributed by atoms with Gasteiger partial charge in [-0.2, -0.15) is 5.10 Å². The zero-order chi connectivity index (χ0) is 23.5. The minimum absolute atomic E-state index is 0.0894. The Bertz CT molecular complexity index is 830. The molecule has 32 heavy (non-hydrogen) atoms. The number of aliphatic carboxylic acids is 1. The van der Waals surface area contributed by atoms with Crippen LogP contribution in [0.25, 0.3) is 0 Å². The zero-order valence-electron chi connectivity index (χ0n) is 18.3. The van der Waals surface area contributed by atoms with Gasteiger partial charge >= 0.3 is 12.1 Å². The van der Waals surface area contributed by atoms with Gasteiger partial charge in [-0.3, -0.25) is 9.59 Å². The molecule has 0 bridgehead atoms. The van der Waals surface area contributed by atoms with Crippen molar-refractivity contribution in [2.24, 2.45) is 11.0 Å². The van der Waals surface area contributed by atoms with Crippen LogP contribution in [-0.2, 0) is 19.1 Å². The maximum atomic E-state index is 12.7. The van der Waals surface area contributed by atoms with Crippen molar-refractivity contribution in [1.82, 2.24) is 10.3 Å². The van der Waals surface area contributed by atoms with Crippen molar-refractivity contribution in [3.8, 4) is 0 Å². The summed E-state index contributed by atoms with van der Waals surface area (Å²) in [7, 11) is 0. The highest BCUT2D eigenvalue weighted by Crippen LogP contribution is 2.19. The summed E-state index contributed by atoms with van der Waals surface area (Å²) in [5.41, 5.74) is 3.40. The third-order valence-electron chi connectivity index (χ3n) is 4.99. The monoisotopic (exact) mass is 447 g/mol. The Morgan fingerprint density at radius 1 is 1.22 bits per heavy atom. The first-order chi connectivity index (χ1) is 15.3. The molecule has 2 N–H and O–H groups in total. The van der Waals surface area contributed by atoms with Crippen LogP contribution in [0.1, 0.15) is 49.0 Å². The number of amides is 2. The first kappa shape index (κ1) is 25.0. The molecule has 1 atom stereocenters. The number of piperidine rings is 1.